The van der Waals surface area contributed by atoms with Gasteiger partial charge in [0.25, 0.3) is 0 Å². The molecular formula is C14H28N2O4. The Kier molecular flexibility index (Phi) is 8.96. The molecule has 0 unspecified atom stereocenters. The molecule has 6 heteroatoms. The summed E-state index contributed by atoms with van der Waals surface area (Å²) in [5.74, 6) is -0.792. The van der Waals surface area contributed by atoms with Crippen LogP contribution in [0, 0.1) is 5.41 Å². The van der Waals surface area contributed by atoms with Crippen LogP contribution in [0.25, 0.3) is 0 Å². The Morgan fingerprint density at radius 1 is 1.20 bits per heavy atom. The highest BCUT2D eigenvalue weighted by Crippen LogP contribution is 2.25. The van der Waals surface area contributed by atoms with Crippen molar-refractivity contribution in [2.24, 2.45) is 5.41 Å². The number of carboxylic acid groups (broad SMARTS) is 1. The molecule has 0 fully saturated rings. The Labute approximate surface area is 121 Å². The van der Waals surface area contributed by atoms with Crippen molar-refractivity contribution in [2.75, 3.05) is 26.2 Å². The molecule has 118 valence electrons. The summed E-state index contributed by atoms with van der Waals surface area (Å²) in [6, 6.07) is -0.171. The molecule has 0 aliphatic carbocycles. The zero-order valence-electron chi connectivity index (χ0n) is 12.8. The number of hydrogen-bond acceptors (Lipinski definition) is 3. The lowest BCUT2D eigenvalue weighted by molar-refractivity contribution is -0.137. The van der Waals surface area contributed by atoms with Gasteiger partial charge in [-0.3, -0.25) is 4.79 Å². The largest absolute Gasteiger partial charge is 0.481 e. The van der Waals surface area contributed by atoms with E-state index in [0.717, 1.165) is 12.8 Å². The third-order valence-corrected chi connectivity index (χ3v) is 3.24. The third-order valence-electron chi connectivity index (χ3n) is 3.24. The number of aliphatic hydroxyl groups is 1. The maximum Gasteiger partial charge on any atom is 0.317 e. The number of rotatable bonds is 10. The number of carbonyl (C=O) groups excluding carboxylic acids is 1. The van der Waals surface area contributed by atoms with Gasteiger partial charge in [0.15, 0.2) is 0 Å². The number of aliphatic carboxylic acids is 1. The minimum Gasteiger partial charge on any atom is -0.481 e. The van der Waals surface area contributed by atoms with E-state index in [1.165, 1.54) is 0 Å². The molecule has 0 atom stereocenters. The lowest BCUT2D eigenvalue weighted by Gasteiger charge is -2.26. The van der Waals surface area contributed by atoms with E-state index < -0.39 is 5.97 Å². The average molecular weight is 288 g/mol. The molecule has 20 heavy (non-hydrogen) atoms. The van der Waals surface area contributed by atoms with Crippen LogP contribution < -0.4 is 5.32 Å². The second kappa shape index (κ2) is 9.58. The van der Waals surface area contributed by atoms with Crippen molar-refractivity contribution in [2.45, 2.75) is 46.5 Å². The highest BCUT2D eigenvalue weighted by atomic mass is 16.4. The molecule has 0 aromatic carbocycles. The highest BCUT2D eigenvalue weighted by Gasteiger charge is 2.20. The maximum absolute atomic E-state index is 11.9. The summed E-state index contributed by atoms with van der Waals surface area (Å²) in [6.07, 6.45) is 2.31. The van der Waals surface area contributed by atoms with Crippen LogP contribution in [0.5, 0.6) is 0 Å². The van der Waals surface area contributed by atoms with Gasteiger partial charge >= 0.3 is 12.0 Å². The maximum atomic E-state index is 11.9. The number of hydrogen-bond donors (Lipinski definition) is 3. The van der Waals surface area contributed by atoms with Crippen LogP contribution in [0.3, 0.4) is 0 Å². The summed E-state index contributed by atoms with van der Waals surface area (Å²) in [5.41, 5.74) is -0.113. The predicted molar refractivity (Wildman–Crippen MR) is 77.6 cm³/mol. The van der Waals surface area contributed by atoms with Crippen LogP contribution >= 0.6 is 0 Å². The monoisotopic (exact) mass is 288 g/mol. The summed E-state index contributed by atoms with van der Waals surface area (Å²) in [4.78, 5) is 24.0. The normalized spacial score (nSPS) is 11.2. The fourth-order valence-electron chi connectivity index (χ4n) is 1.90. The smallest absolute Gasteiger partial charge is 0.317 e. The first-order chi connectivity index (χ1) is 9.32. The Morgan fingerprint density at radius 2 is 1.85 bits per heavy atom. The van der Waals surface area contributed by atoms with E-state index in [0.29, 0.717) is 26.1 Å². The molecule has 0 heterocycles. The van der Waals surface area contributed by atoms with Crippen molar-refractivity contribution < 1.29 is 19.8 Å². The molecule has 2 amide bonds. The number of nitrogens with zero attached hydrogens (tertiary/aromatic N) is 1. The fraction of sp³-hybridized carbons (Fsp3) is 0.857. The molecule has 0 aromatic heterocycles. The number of nitrogens with one attached hydrogen (secondary N) is 1. The molecule has 0 aliphatic rings. The standard InChI is InChI=1S/C14H28N2O4/c1-4-9-16(10-11-17)13(20)15-8-7-14(2,3)6-5-12(18)19/h17H,4-11H2,1-3H3,(H,15,20)(H,18,19). The molecule has 0 aliphatic heterocycles. The number of carboxylic acids is 1. The molecule has 3 N–H and O–H groups in total. The van der Waals surface area contributed by atoms with E-state index in [1.807, 2.05) is 20.8 Å². The summed E-state index contributed by atoms with van der Waals surface area (Å²) >= 11 is 0. The number of amides is 2. The Morgan fingerprint density at radius 3 is 2.35 bits per heavy atom. The van der Waals surface area contributed by atoms with E-state index in [2.05, 4.69) is 5.32 Å². The van der Waals surface area contributed by atoms with Crippen LogP contribution in [0.15, 0.2) is 0 Å². The molecule has 0 saturated heterocycles. The molecule has 0 saturated carbocycles. The van der Waals surface area contributed by atoms with E-state index in [-0.39, 0.29) is 24.5 Å². The van der Waals surface area contributed by atoms with Crippen LogP contribution in [-0.4, -0.2) is 53.4 Å². The fourth-order valence-corrected chi connectivity index (χ4v) is 1.90. The van der Waals surface area contributed by atoms with Crippen molar-refractivity contribution in [1.82, 2.24) is 10.2 Å². The first-order valence-corrected chi connectivity index (χ1v) is 7.18. The van der Waals surface area contributed by atoms with Gasteiger partial charge in [-0.25, -0.2) is 4.79 Å². The molecule has 0 aromatic rings. The quantitative estimate of drug-likeness (QED) is 0.570. The lowest BCUT2D eigenvalue weighted by atomic mass is 9.84. The summed E-state index contributed by atoms with van der Waals surface area (Å²) in [6.45, 7) is 7.40. The molecular weight excluding hydrogens is 260 g/mol. The Balaban J connectivity index is 4.07. The van der Waals surface area contributed by atoms with E-state index in [9.17, 15) is 9.59 Å². The molecule has 0 spiro atoms. The van der Waals surface area contributed by atoms with Gasteiger partial charge in [0.05, 0.1) is 6.61 Å². The second-order valence-electron chi connectivity index (χ2n) is 5.75. The van der Waals surface area contributed by atoms with Crippen molar-refractivity contribution in [3.05, 3.63) is 0 Å². The van der Waals surface area contributed by atoms with Crippen molar-refractivity contribution in [3.8, 4) is 0 Å². The number of urea groups is 1. The van der Waals surface area contributed by atoms with Gasteiger partial charge in [0.2, 0.25) is 0 Å². The van der Waals surface area contributed by atoms with Crippen LogP contribution in [-0.2, 0) is 4.79 Å². The zero-order chi connectivity index (χ0) is 15.6. The van der Waals surface area contributed by atoms with Crippen LogP contribution in [0.4, 0.5) is 4.79 Å². The van der Waals surface area contributed by atoms with E-state index in [4.69, 9.17) is 10.2 Å². The van der Waals surface area contributed by atoms with Gasteiger partial charge in [-0.05, 0) is 24.7 Å². The van der Waals surface area contributed by atoms with Crippen LogP contribution in [0.2, 0.25) is 0 Å². The minimum absolute atomic E-state index is 0.0441. The average Bonchev–Trinajstić information content (AvgIpc) is 2.36. The summed E-state index contributed by atoms with van der Waals surface area (Å²) in [5, 5.41) is 20.4. The lowest BCUT2D eigenvalue weighted by Crippen LogP contribution is -2.42. The topological polar surface area (TPSA) is 89.9 Å². The second-order valence-corrected chi connectivity index (χ2v) is 5.75. The Bertz CT molecular complexity index is 300. The molecule has 0 bridgehead atoms. The SMILES string of the molecule is CCCN(CCO)C(=O)NCCC(C)(C)CCC(=O)O. The third kappa shape index (κ3) is 8.74. The van der Waals surface area contributed by atoms with Crippen molar-refractivity contribution >= 4 is 12.0 Å². The van der Waals surface area contributed by atoms with Crippen LogP contribution in [0.1, 0.15) is 46.5 Å². The Hall–Kier alpha value is -1.30. The first kappa shape index (κ1) is 18.7. The zero-order valence-corrected chi connectivity index (χ0v) is 12.8. The minimum atomic E-state index is -0.792. The number of aliphatic hydroxyl groups excluding tert-OH is 1. The van der Waals surface area contributed by atoms with E-state index in [1.54, 1.807) is 4.90 Å². The summed E-state index contributed by atoms with van der Waals surface area (Å²) < 4.78 is 0. The van der Waals surface area contributed by atoms with Crippen molar-refractivity contribution in [1.29, 1.82) is 0 Å². The van der Waals surface area contributed by atoms with Gasteiger partial charge in [-0.2, -0.15) is 0 Å². The van der Waals surface area contributed by atoms with Gasteiger partial charge in [-0.15, -0.1) is 0 Å². The van der Waals surface area contributed by atoms with Gasteiger partial charge in [-0.1, -0.05) is 20.8 Å². The molecule has 6 nitrogen and oxygen atoms in total. The van der Waals surface area contributed by atoms with Gasteiger partial charge in [0, 0.05) is 26.1 Å². The number of carbonyl (C=O) groups is 2. The van der Waals surface area contributed by atoms with E-state index >= 15 is 0 Å². The van der Waals surface area contributed by atoms with Gasteiger partial charge in [0.1, 0.15) is 0 Å². The summed E-state index contributed by atoms with van der Waals surface area (Å²) in [7, 11) is 0. The molecule has 0 radical (unpaired) electrons. The highest BCUT2D eigenvalue weighted by molar-refractivity contribution is 5.74. The van der Waals surface area contributed by atoms with Gasteiger partial charge < -0.3 is 20.4 Å². The first-order valence-electron chi connectivity index (χ1n) is 7.18. The predicted octanol–water partition coefficient (Wildman–Crippen LogP) is 1.68. The van der Waals surface area contributed by atoms with Crippen molar-refractivity contribution in [3.63, 3.8) is 0 Å². The molecule has 0 rings (SSSR count).